The van der Waals surface area contributed by atoms with Gasteiger partial charge in [-0.05, 0) is 35.9 Å². The summed E-state index contributed by atoms with van der Waals surface area (Å²) < 4.78 is 22.9. The van der Waals surface area contributed by atoms with Crippen molar-refractivity contribution in [2.24, 2.45) is 0 Å². The lowest BCUT2D eigenvalue weighted by Gasteiger charge is -2.08. The van der Waals surface area contributed by atoms with Crippen LogP contribution < -0.4 is 5.32 Å². The van der Waals surface area contributed by atoms with Gasteiger partial charge in [0.1, 0.15) is 0 Å². The summed E-state index contributed by atoms with van der Waals surface area (Å²) in [5.41, 5.74) is 2.39. The number of hydrogen-bond donors (Lipinski definition) is 1. The molecule has 0 aromatic heterocycles. The third-order valence-electron chi connectivity index (χ3n) is 2.84. The molecule has 2 rings (SSSR count). The van der Waals surface area contributed by atoms with Crippen molar-refractivity contribution in [3.63, 3.8) is 0 Å². The summed E-state index contributed by atoms with van der Waals surface area (Å²) in [7, 11) is -3.19. The van der Waals surface area contributed by atoms with Gasteiger partial charge in [-0.1, -0.05) is 18.2 Å². The third-order valence-corrected chi connectivity index (χ3v) is 3.95. The van der Waals surface area contributed by atoms with Gasteiger partial charge in [0.05, 0.1) is 16.5 Å². The summed E-state index contributed by atoms with van der Waals surface area (Å²) in [5.74, 6) is 0. The first-order valence-electron chi connectivity index (χ1n) is 6.02. The molecular weight excluding hydrogens is 272 g/mol. The van der Waals surface area contributed by atoms with Crippen molar-refractivity contribution in [3.05, 3.63) is 59.7 Å². The second-order valence-electron chi connectivity index (χ2n) is 4.46. The van der Waals surface area contributed by atoms with Crippen LogP contribution >= 0.6 is 0 Å². The van der Waals surface area contributed by atoms with Gasteiger partial charge in [0.2, 0.25) is 0 Å². The van der Waals surface area contributed by atoms with Crippen LogP contribution in [0.4, 0.5) is 5.69 Å². The van der Waals surface area contributed by atoms with Gasteiger partial charge in [0.15, 0.2) is 9.84 Å². The van der Waals surface area contributed by atoms with Crippen LogP contribution in [0.5, 0.6) is 0 Å². The van der Waals surface area contributed by atoms with Crippen molar-refractivity contribution < 1.29 is 8.42 Å². The van der Waals surface area contributed by atoms with Crippen molar-refractivity contribution >= 4 is 15.5 Å². The van der Waals surface area contributed by atoms with Gasteiger partial charge in [-0.2, -0.15) is 5.26 Å². The number of benzene rings is 2. The molecule has 1 N–H and O–H groups in total. The zero-order valence-corrected chi connectivity index (χ0v) is 11.8. The summed E-state index contributed by atoms with van der Waals surface area (Å²) >= 11 is 0. The summed E-state index contributed by atoms with van der Waals surface area (Å²) in [6.07, 6.45) is 1.19. The third kappa shape index (κ3) is 3.59. The number of anilines is 1. The van der Waals surface area contributed by atoms with Gasteiger partial charge in [0, 0.05) is 18.5 Å². The summed E-state index contributed by atoms with van der Waals surface area (Å²) in [4.78, 5) is 0.294. The first kappa shape index (κ1) is 14.1. The zero-order valence-electron chi connectivity index (χ0n) is 11.0. The van der Waals surface area contributed by atoms with Crippen LogP contribution in [0.25, 0.3) is 0 Å². The second-order valence-corrected chi connectivity index (χ2v) is 6.48. The highest BCUT2D eigenvalue weighted by Crippen LogP contribution is 2.16. The summed E-state index contributed by atoms with van der Waals surface area (Å²) in [6.45, 7) is 0.568. The van der Waals surface area contributed by atoms with Crippen LogP contribution in [-0.4, -0.2) is 14.7 Å². The Bertz CT molecular complexity index is 744. The number of sulfone groups is 1. The topological polar surface area (TPSA) is 70.0 Å². The monoisotopic (exact) mass is 286 g/mol. The Kier molecular flexibility index (Phi) is 4.06. The van der Waals surface area contributed by atoms with Crippen LogP contribution in [0, 0.1) is 11.3 Å². The molecule has 0 saturated heterocycles. The zero-order chi connectivity index (χ0) is 14.6. The minimum Gasteiger partial charge on any atom is -0.381 e. The first-order valence-corrected chi connectivity index (χ1v) is 7.91. The Labute approximate surface area is 118 Å². The summed E-state index contributed by atoms with van der Waals surface area (Å²) in [6, 6.07) is 16.0. The summed E-state index contributed by atoms with van der Waals surface area (Å²) in [5, 5.41) is 11.9. The van der Waals surface area contributed by atoms with Gasteiger partial charge in [-0.3, -0.25) is 0 Å². The molecule has 0 unspecified atom stereocenters. The van der Waals surface area contributed by atoms with Gasteiger partial charge >= 0.3 is 0 Å². The van der Waals surface area contributed by atoms with Crippen molar-refractivity contribution in [1.82, 2.24) is 0 Å². The molecule has 0 heterocycles. The Morgan fingerprint density at radius 3 is 2.45 bits per heavy atom. The number of nitriles is 1. The minimum absolute atomic E-state index is 0.294. The molecule has 0 radical (unpaired) electrons. The maximum Gasteiger partial charge on any atom is 0.175 e. The number of nitrogens with one attached hydrogen (secondary N) is 1. The highest BCUT2D eigenvalue weighted by molar-refractivity contribution is 7.90. The molecular formula is C15H14N2O2S. The van der Waals surface area contributed by atoms with Crippen molar-refractivity contribution in [1.29, 1.82) is 5.26 Å². The molecule has 0 atom stereocenters. The lowest BCUT2D eigenvalue weighted by Crippen LogP contribution is -2.02. The van der Waals surface area contributed by atoms with Gasteiger partial charge in [-0.25, -0.2) is 8.42 Å². The Balaban J connectivity index is 2.09. The molecule has 2 aromatic carbocycles. The Morgan fingerprint density at radius 1 is 1.15 bits per heavy atom. The second kappa shape index (κ2) is 5.76. The maximum atomic E-state index is 11.5. The fourth-order valence-electron chi connectivity index (χ4n) is 1.74. The van der Waals surface area contributed by atoms with E-state index in [1.807, 2.05) is 18.2 Å². The molecule has 0 aliphatic carbocycles. The van der Waals surface area contributed by atoms with Crippen molar-refractivity contribution in [2.75, 3.05) is 11.6 Å². The van der Waals surface area contributed by atoms with Gasteiger partial charge in [0.25, 0.3) is 0 Å². The van der Waals surface area contributed by atoms with E-state index in [2.05, 4.69) is 11.4 Å². The molecule has 0 saturated carbocycles. The molecule has 102 valence electrons. The normalized spacial score (nSPS) is 10.8. The first-order chi connectivity index (χ1) is 9.49. The molecule has 5 heteroatoms. The molecule has 4 nitrogen and oxygen atoms in total. The molecule has 0 amide bonds. The van der Waals surface area contributed by atoms with E-state index in [9.17, 15) is 8.42 Å². The lowest BCUT2D eigenvalue weighted by molar-refractivity contribution is 0.602. The number of nitrogens with zero attached hydrogens (tertiary/aromatic N) is 1. The average Bonchev–Trinajstić information content (AvgIpc) is 2.45. The minimum atomic E-state index is -3.19. The largest absolute Gasteiger partial charge is 0.381 e. The Morgan fingerprint density at radius 2 is 1.85 bits per heavy atom. The van der Waals surface area contributed by atoms with E-state index in [1.54, 1.807) is 30.3 Å². The van der Waals surface area contributed by atoms with E-state index in [-0.39, 0.29) is 0 Å². The number of rotatable bonds is 4. The van der Waals surface area contributed by atoms with E-state index >= 15 is 0 Å². The van der Waals surface area contributed by atoms with E-state index < -0.39 is 9.84 Å². The quantitative estimate of drug-likeness (QED) is 0.937. The lowest BCUT2D eigenvalue weighted by atomic mass is 10.1. The fraction of sp³-hybridized carbons (Fsp3) is 0.133. The molecule has 0 aliphatic rings. The molecule has 2 aromatic rings. The van der Waals surface area contributed by atoms with Gasteiger partial charge < -0.3 is 5.32 Å². The van der Waals surface area contributed by atoms with Crippen LogP contribution in [-0.2, 0) is 16.4 Å². The van der Waals surface area contributed by atoms with Crippen LogP contribution in [0.1, 0.15) is 11.1 Å². The van der Waals surface area contributed by atoms with E-state index in [4.69, 9.17) is 5.26 Å². The SMILES string of the molecule is CS(=O)(=O)c1cccc(NCc2ccc(C#N)cc2)c1. The molecule has 20 heavy (non-hydrogen) atoms. The standard InChI is InChI=1S/C15H14N2O2S/c1-20(18,19)15-4-2-3-14(9-15)17-11-13-7-5-12(10-16)6-8-13/h2-9,17H,11H2,1H3. The van der Waals surface area contributed by atoms with Crippen molar-refractivity contribution in [2.45, 2.75) is 11.4 Å². The Hall–Kier alpha value is -2.32. The van der Waals surface area contributed by atoms with Crippen LogP contribution in [0.2, 0.25) is 0 Å². The highest BCUT2D eigenvalue weighted by Gasteiger charge is 2.06. The molecule has 0 bridgehead atoms. The fourth-order valence-corrected chi connectivity index (χ4v) is 2.40. The predicted octanol–water partition coefficient (Wildman–Crippen LogP) is 2.57. The molecule has 0 spiro atoms. The van der Waals surface area contributed by atoms with E-state index in [0.717, 1.165) is 11.3 Å². The van der Waals surface area contributed by atoms with E-state index in [0.29, 0.717) is 17.0 Å². The van der Waals surface area contributed by atoms with Crippen molar-refractivity contribution in [3.8, 4) is 6.07 Å². The smallest absolute Gasteiger partial charge is 0.175 e. The maximum absolute atomic E-state index is 11.5. The molecule has 0 aliphatic heterocycles. The van der Waals surface area contributed by atoms with Gasteiger partial charge in [-0.15, -0.1) is 0 Å². The highest BCUT2D eigenvalue weighted by atomic mass is 32.2. The van der Waals surface area contributed by atoms with E-state index in [1.165, 1.54) is 6.26 Å². The van der Waals surface area contributed by atoms with Crippen LogP contribution in [0.15, 0.2) is 53.4 Å². The van der Waals surface area contributed by atoms with Crippen LogP contribution in [0.3, 0.4) is 0 Å². The number of hydrogen-bond acceptors (Lipinski definition) is 4. The molecule has 0 fully saturated rings. The predicted molar refractivity (Wildman–Crippen MR) is 78.0 cm³/mol. The average molecular weight is 286 g/mol.